The van der Waals surface area contributed by atoms with Crippen LogP contribution in [0.15, 0.2) is 0 Å². The topological polar surface area (TPSA) is 47.1 Å². The summed E-state index contributed by atoms with van der Waals surface area (Å²) in [6.07, 6.45) is 0. The first-order valence-corrected chi connectivity index (χ1v) is 6.61. The molecule has 1 rings (SSSR count). The van der Waals surface area contributed by atoms with Crippen LogP contribution in [0.5, 0.6) is 0 Å². The predicted octanol–water partition coefficient (Wildman–Crippen LogP) is 0.152. The Morgan fingerprint density at radius 1 is 0.947 bits per heavy atom. The summed E-state index contributed by atoms with van der Waals surface area (Å²) < 4.78 is 0. The normalized spacial score (nSPS) is 19.2. The second-order valence-corrected chi connectivity index (χ2v) is 6.06. The lowest BCUT2D eigenvalue weighted by atomic mass is 10.0. The van der Waals surface area contributed by atoms with E-state index >= 15 is 0 Å². The maximum absolute atomic E-state index is 12.4. The molecular weight excluding hydrogens is 244 g/mol. The monoisotopic (exact) mass is 270 g/mol. The van der Waals surface area contributed by atoms with Gasteiger partial charge in [-0.25, -0.2) is 4.79 Å². The van der Waals surface area contributed by atoms with Crippen LogP contribution in [0, 0.1) is 0 Å². The minimum absolute atomic E-state index is 0.0990. The first kappa shape index (κ1) is 15.9. The van der Waals surface area contributed by atoms with E-state index in [1.54, 1.807) is 4.90 Å². The van der Waals surface area contributed by atoms with Crippen LogP contribution in [0.1, 0.15) is 13.8 Å². The van der Waals surface area contributed by atoms with Crippen LogP contribution in [0.2, 0.25) is 0 Å². The van der Waals surface area contributed by atoms with E-state index in [-0.39, 0.29) is 11.9 Å². The summed E-state index contributed by atoms with van der Waals surface area (Å²) in [6, 6.07) is -0.168. The third-order valence-electron chi connectivity index (χ3n) is 3.45. The lowest BCUT2D eigenvalue weighted by Gasteiger charge is -2.28. The quantitative estimate of drug-likeness (QED) is 0.645. The van der Waals surface area contributed by atoms with Gasteiger partial charge in [0.25, 0.3) is 5.91 Å². The molecule has 0 atom stereocenters. The molecule has 1 fully saturated rings. The van der Waals surface area contributed by atoms with Gasteiger partial charge in [0, 0.05) is 26.2 Å². The highest BCUT2D eigenvalue weighted by Gasteiger charge is 2.50. The zero-order valence-corrected chi connectivity index (χ0v) is 12.9. The molecule has 0 aromatic rings. The molecule has 0 spiro atoms. The van der Waals surface area contributed by atoms with Gasteiger partial charge < -0.3 is 14.7 Å². The standard InChI is InChI=1S/C13H26N4O2/c1-13(2)11(18)16(9-7-14(3)4)12(19)17(13)10-8-15(5)6/h7-10H2,1-6H3. The molecular formula is C13H26N4O2. The Bertz CT molecular complexity index is 353. The average Bonchev–Trinajstić information content (AvgIpc) is 2.42. The van der Waals surface area contributed by atoms with E-state index < -0.39 is 5.54 Å². The summed E-state index contributed by atoms with van der Waals surface area (Å²) in [5.41, 5.74) is -0.737. The summed E-state index contributed by atoms with van der Waals surface area (Å²) in [4.78, 5) is 31.7. The third-order valence-corrected chi connectivity index (χ3v) is 3.45. The highest BCUT2D eigenvalue weighted by Crippen LogP contribution is 2.27. The van der Waals surface area contributed by atoms with E-state index in [4.69, 9.17) is 0 Å². The van der Waals surface area contributed by atoms with Crippen molar-refractivity contribution in [2.24, 2.45) is 0 Å². The molecule has 0 aromatic heterocycles. The summed E-state index contributed by atoms with van der Waals surface area (Å²) in [7, 11) is 7.78. The van der Waals surface area contributed by atoms with Gasteiger partial charge in [0.15, 0.2) is 0 Å². The van der Waals surface area contributed by atoms with Crippen LogP contribution >= 0.6 is 0 Å². The van der Waals surface area contributed by atoms with Gasteiger partial charge in [0.2, 0.25) is 0 Å². The fraction of sp³-hybridized carbons (Fsp3) is 0.846. The largest absolute Gasteiger partial charge is 0.327 e. The minimum Gasteiger partial charge on any atom is -0.309 e. The zero-order valence-electron chi connectivity index (χ0n) is 12.9. The average molecular weight is 270 g/mol. The van der Waals surface area contributed by atoms with Crippen molar-refractivity contribution in [3.63, 3.8) is 0 Å². The molecule has 0 aliphatic carbocycles. The van der Waals surface area contributed by atoms with E-state index in [9.17, 15) is 9.59 Å². The molecule has 0 N–H and O–H groups in total. The number of rotatable bonds is 6. The zero-order chi connectivity index (χ0) is 14.8. The van der Waals surface area contributed by atoms with Gasteiger partial charge in [0.1, 0.15) is 5.54 Å². The van der Waals surface area contributed by atoms with Gasteiger partial charge in [-0.2, -0.15) is 0 Å². The summed E-state index contributed by atoms with van der Waals surface area (Å²) in [5, 5.41) is 0. The first-order chi connectivity index (χ1) is 8.67. The van der Waals surface area contributed by atoms with Crippen LogP contribution in [0.4, 0.5) is 4.79 Å². The van der Waals surface area contributed by atoms with Gasteiger partial charge in [-0.15, -0.1) is 0 Å². The van der Waals surface area contributed by atoms with E-state index in [1.807, 2.05) is 51.8 Å². The van der Waals surface area contributed by atoms with Crippen LogP contribution in [0.3, 0.4) is 0 Å². The number of carbonyl (C=O) groups excluding carboxylic acids is 2. The second-order valence-electron chi connectivity index (χ2n) is 6.06. The Balaban J connectivity index is 2.78. The van der Waals surface area contributed by atoms with Crippen LogP contribution in [-0.4, -0.2) is 91.4 Å². The molecule has 1 aliphatic rings. The van der Waals surface area contributed by atoms with Crippen molar-refractivity contribution < 1.29 is 9.59 Å². The Morgan fingerprint density at radius 2 is 1.42 bits per heavy atom. The Hall–Kier alpha value is -1.14. The molecule has 0 bridgehead atoms. The Kier molecular flexibility index (Phi) is 4.92. The number of hydrogen-bond acceptors (Lipinski definition) is 4. The van der Waals surface area contributed by atoms with E-state index in [1.165, 1.54) is 4.90 Å². The van der Waals surface area contributed by atoms with Gasteiger partial charge in [-0.1, -0.05) is 0 Å². The molecule has 3 amide bonds. The number of hydrogen-bond donors (Lipinski definition) is 0. The minimum atomic E-state index is -0.737. The molecule has 1 saturated heterocycles. The van der Waals surface area contributed by atoms with Crippen molar-refractivity contribution >= 4 is 11.9 Å². The molecule has 110 valence electrons. The number of carbonyl (C=O) groups is 2. The lowest BCUT2D eigenvalue weighted by molar-refractivity contribution is -0.132. The molecule has 6 heteroatoms. The van der Waals surface area contributed by atoms with Crippen molar-refractivity contribution in [2.45, 2.75) is 19.4 Å². The Labute approximate surface area is 115 Å². The van der Waals surface area contributed by atoms with Crippen molar-refractivity contribution in [3.05, 3.63) is 0 Å². The summed E-state index contributed by atoms with van der Waals surface area (Å²) in [5.74, 6) is -0.0990. The third kappa shape index (κ3) is 3.45. The molecule has 1 heterocycles. The summed E-state index contributed by atoms with van der Waals surface area (Å²) in [6.45, 7) is 6.10. The van der Waals surface area contributed by atoms with E-state index in [0.717, 1.165) is 6.54 Å². The van der Waals surface area contributed by atoms with Crippen molar-refractivity contribution in [1.82, 2.24) is 19.6 Å². The molecule has 6 nitrogen and oxygen atoms in total. The lowest BCUT2D eigenvalue weighted by Crippen LogP contribution is -2.46. The van der Waals surface area contributed by atoms with Crippen LogP contribution in [0.25, 0.3) is 0 Å². The predicted molar refractivity (Wildman–Crippen MR) is 75.0 cm³/mol. The van der Waals surface area contributed by atoms with Gasteiger partial charge in [-0.05, 0) is 42.0 Å². The second kappa shape index (κ2) is 5.88. The maximum atomic E-state index is 12.4. The number of amides is 3. The highest BCUT2D eigenvalue weighted by molar-refractivity contribution is 6.06. The fourth-order valence-corrected chi connectivity index (χ4v) is 2.09. The SMILES string of the molecule is CN(C)CCN1C(=O)N(CCN(C)C)C(C)(C)C1=O. The molecule has 0 radical (unpaired) electrons. The van der Waals surface area contributed by atoms with E-state index in [2.05, 4.69) is 0 Å². The van der Waals surface area contributed by atoms with E-state index in [0.29, 0.717) is 19.6 Å². The Morgan fingerprint density at radius 3 is 1.89 bits per heavy atom. The summed E-state index contributed by atoms with van der Waals surface area (Å²) >= 11 is 0. The molecule has 1 aliphatic heterocycles. The molecule has 19 heavy (non-hydrogen) atoms. The maximum Gasteiger partial charge on any atom is 0.327 e. The molecule has 0 aromatic carbocycles. The van der Waals surface area contributed by atoms with Gasteiger partial charge >= 0.3 is 6.03 Å². The van der Waals surface area contributed by atoms with Crippen LogP contribution < -0.4 is 0 Å². The highest BCUT2D eigenvalue weighted by atomic mass is 16.2. The smallest absolute Gasteiger partial charge is 0.309 e. The van der Waals surface area contributed by atoms with Gasteiger partial charge in [0.05, 0.1) is 0 Å². The van der Waals surface area contributed by atoms with Crippen molar-refractivity contribution in [3.8, 4) is 0 Å². The van der Waals surface area contributed by atoms with Gasteiger partial charge in [-0.3, -0.25) is 9.69 Å². The van der Waals surface area contributed by atoms with Crippen LogP contribution in [-0.2, 0) is 4.79 Å². The number of nitrogens with zero attached hydrogens (tertiary/aromatic N) is 4. The fourth-order valence-electron chi connectivity index (χ4n) is 2.09. The number of urea groups is 1. The molecule has 0 saturated carbocycles. The van der Waals surface area contributed by atoms with Crippen molar-refractivity contribution in [1.29, 1.82) is 0 Å². The molecule has 0 unspecified atom stereocenters. The number of likely N-dealkylation sites (N-methyl/N-ethyl adjacent to an activating group) is 2. The van der Waals surface area contributed by atoms with Crippen molar-refractivity contribution in [2.75, 3.05) is 54.4 Å². The number of imide groups is 1. The first-order valence-electron chi connectivity index (χ1n) is 6.61.